The highest BCUT2D eigenvalue weighted by molar-refractivity contribution is 5.85. The zero-order chi connectivity index (χ0) is 14.6. The molecule has 0 radical (unpaired) electrons. The minimum absolute atomic E-state index is 0.488. The van der Waals surface area contributed by atoms with E-state index in [0.29, 0.717) is 5.41 Å². The molecule has 0 amide bonds. The highest BCUT2D eigenvalue weighted by atomic mass is 16.4. The van der Waals surface area contributed by atoms with Crippen molar-refractivity contribution in [3.8, 4) is 0 Å². The molecule has 0 aliphatic carbocycles. The fraction of sp³-hybridized carbons (Fsp3) is 0.471. The molecular weight excluding hydrogens is 250 g/mol. The summed E-state index contributed by atoms with van der Waals surface area (Å²) in [6.45, 7) is 7.99. The number of nitrogens with zero attached hydrogens (tertiary/aromatic N) is 1. The van der Waals surface area contributed by atoms with E-state index in [-0.39, 0.29) is 0 Å². The molecule has 0 spiro atoms. The lowest BCUT2D eigenvalue weighted by Gasteiger charge is -2.36. The van der Waals surface area contributed by atoms with Gasteiger partial charge < -0.3 is 5.11 Å². The summed E-state index contributed by atoms with van der Waals surface area (Å²) < 4.78 is 0. The topological polar surface area (TPSA) is 40.5 Å². The maximum atomic E-state index is 10.5. The number of carbonyl (C=O) groups is 1. The lowest BCUT2D eigenvalue weighted by molar-refractivity contribution is -0.131. The molecule has 0 atom stereocenters. The van der Waals surface area contributed by atoms with Gasteiger partial charge in [0.2, 0.25) is 0 Å². The Morgan fingerprint density at radius 1 is 1.25 bits per heavy atom. The van der Waals surface area contributed by atoms with Crippen molar-refractivity contribution in [2.45, 2.75) is 33.2 Å². The lowest BCUT2D eigenvalue weighted by atomic mass is 9.82. The Kier molecular flexibility index (Phi) is 4.61. The average molecular weight is 273 g/mol. The molecule has 108 valence electrons. The first-order chi connectivity index (χ1) is 9.44. The van der Waals surface area contributed by atoms with Gasteiger partial charge in [0.25, 0.3) is 0 Å². The van der Waals surface area contributed by atoms with Crippen LogP contribution < -0.4 is 0 Å². The van der Waals surface area contributed by atoms with E-state index in [1.165, 1.54) is 24.5 Å². The number of benzene rings is 1. The highest BCUT2D eigenvalue weighted by Crippen LogP contribution is 2.30. The van der Waals surface area contributed by atoms with E-state index < -0.39 is 5.97 Å². The van der Waals surface area contributed by atoms with Gasteiger partial charge in [-0.2, -0.15) is 0 Å². The van der Waals surface area contributed by atoms with Gasteiger partial charge in [-0.3, -0.25) is 4.90 Å². The van der Waals surface area contributed by atoms with Crippen LogP contribution in [0.3, 0.4) is 0 Å². The molecule has 0 bridgehead atoms. The van der Waals surface area contributed by atoms with E-state index in [9.17, 15) is 4.79 Å². The minimum atomic E-state index is -0.912. The van der Waals surface area contributed by atoms with Crippen molar-refractivity contribution < 1.29 is 9.90 Å². The second-order valence-electron chi connectivity index (χ2n) is 6.35. The lowest BCUT2D eigenvalue weighted by Crippen LogP contribution is -2.36. The monoisotopic (exact) mass is 273 g/mol. The highest BCUT2D eigenvalue weighted by Gasteiger charge is 2.24. The van der Waals surface area contributed by atoms with Gasteiger partial charge in [-0.05, 0) is 48.5 Å². The molecule has 1 saturated heterocycles. The largest absolute Gasteiger partial charge is 0.478 e. The van der Waals surface area contributed by atoms with Crippen LogP contribution in [0.25, 0.3) is 6.08 Å². The van der Waals surface area contributed by atoms with E-state index in [4.69, 9.17) is 5.11 Å². The van der Waals surface area contributed by atoms with Crippen molar-refractivity contribution in [1.82, 2.24) is 4.90 Å². The van der Waals surface area contributed by atoms with Crippen molar-refractivity contribution in [1.29, 1.82) is 0 Å². The minimum Gasteiger partial charge on any atom is -0.478 e. The summed E-state index contributed by atoms with van der Waals surface area (Å²) in [4.78, 5) is 13.0. The Bertz CT molecular complexity index is 478. The normalized spacial score (nSPS) is 19.3. The Morgan fingerprint density at radius 3 is 2.40 bits per heavy atom. The summed E-state index contributed by atoms with van der Waals surface area (Å²) >= 11 is 0. The van der Waals surface area contributed by atoms with E-state index in [1.54, 1.807) is 6.08 Å². The Morgan fingerprint density at radius 2 is 1.85 bits per heavy atom. The van der Waals surface area contributed by atoms with Gasteiger partial charge in [-0.15, -0.1) is 0 Å². The molecule has 0 aromatic heterocycles. The third-order valence-electron chi connectivity index (χ3n) is 4.01. The fourth-order valence-electron chi connectivity index (χ4n) is 2.48. The van der Waals surface area contributed by atoms with E-state index >= 15 is 0 Å². The number of hydrogen-bond acceptors (Lipinski definition) is 2. The van der Waals surface area contributed by atoms with Gasteiger partial charge in [0.15, 0.2) is 0 Å². The van der Waals surface area contributed by atoms with Gasteiger partial charge >= 0.3 is 5.97 Å². The molecule has 20 heavy (non-hydrogen) atoms. The first kappa shape index (κ1) is 14.8. The van der Waals surface area contributed by atoms with E-state index in [1.807, 2.05) is 12.1 Å². The molecular formula is C17H23NO2. The van der Waals surface area contributed by atoms with Crippen LogP contribution in [0.2, 0.25) is 0 Å². The molecule has 3 nitrogen and oxygen atoms in total. The zero-order valence-corrected chi connectivity index (χ0v) is 12.3. The third kappa shape index (κ3) is 4.49. The van der Waals surface area contributed by atoms with Crippen LogP contribution in [0.15, 0.2) is 30.3 Å². The van der Waals surface area contributed by atoms with Crippen molar-refractivity contribution in [3.63, 3.8) is 0 Å². The van der Waals surface area contributed by atoms with Crippen LogP contribution in [-0.4, -0.2) is 29.1 Å². The molecule has 3 heteroatoms. The Labute approximate surface area is 120 Å². The molecule has 0 saturated carbocycles. The summed E-state index contributed by atoms with van der Waals surface area (Å²) in [5.41, 5.74) is 2.70. The molecule has 1 aliphatic heterocycles. The zero-order valence-electron chi connectivity index (χ0n) is 12.3. The number of carboxylic acids is 1. The first-order valence-electron chi connectivity index (χ1n) is 7.17. The molecule has 1 fully saturated rings. The number of piperidine rings is 1. The number of hydrogen-bond donors (Lipinski definition) is 1. The molecule has 2 rings (SSSR count). The number of aliphatic carboxylic acids is 1. The van der Waals surface area contributed by atoms with Crippen LogP contribution in [0.5, 0.6) is 0 Å². The SMILES string of the molecule is CC1(C)CCN(Cc2ccc(C=CC(=O)O)cc2)CC1. The summed E-state index contributed by atoms with van der Waals surface area (Å²) in [6.07, 6.45) is 5.30. The van der Waals surface area contributed by atoms with Crippen LogP contribution in [-0.2, 0) is 11.3 Å². The predicted molar refractivity (Wildman–Crippen MR) is 81.4 cm³/mol. The van der Waals surface area contributed by atoms with Crippen LogP contribution in [0.4, 0.5) is 0 Å². The van der Waals surface area contributed by atoms with Crippen LogP contribution in [0.1, 0.15) is 37.8 Å². The van der Waals surface area contributed by atoms with Crippen molar-refractivity contribution >= 4 is 12.0 Å². The smallest absolute Gasteiger partial charge is 0.328 e. The summed E-state index contributed by atoms with van der Waals surface area (Å²) in [6, 6.07) is 8.12. The standard InChI is InChI=1S/C17H23NO2/c1-17(2)9-11-18(12-10-17)13-15-5-3-14(4-6-15)7-8-16(19)20/h3-8H,9-13H2,1-2H3,(H,19,20). The predicted octanol–water partition coefficient (Wildman–Crippen LogP) is 3.41. The third-order valence-corrected chi connectivity index (χ3v) is 4.01. The van der Waals surface area contributed by atoms with E-state index in [0.717, 1.165) is 25.2 Å². The van der Waals surface area contributed by atoms with Crippen molar-refractivity contribution in [3.05, 3.63) is 41.5 Å². The number of likely N-dealkylation sites (tertiary alicyclic amines) is 1. The first-order valence-corrected chi connectivity index (χ1v) is 7.17. The maximum absolute atomic E-state index is 10.5. The van der Waals surface area contributed by atoms with Gasteiger partial charge in [0.1, 0.15) is 0 Å². The molecule has 1 aromatic carbocycles. The molecule has 1 aliphatic rings. The van der Waals surface area contributed by atoms with Crippen molar-refractivity contribution in [2.75, 3.05) is 13.1 Å². The second kappa shape index (κ2) is 6.23. The molecule has 1 N–H and O–H groups in total. The average Bonchev–Trinajstić information content (AvgIpc) is 2.40. The Hall–Kier alpha value is -1.61. The van der Waals surface area contributed by atoms with Crippen LogP contribution >= 0.6 is 0 Å². The Balaban J connectivity index is 1.90. The summed E-state index contributed by atoms with van der Waals surface area (Å²) in [5.74, 6) is -0.912. The van der Waals surface area contributed by atoms with Gasteiger partial charge in [0, 0.05) is 12.6 Å². The summed E-state index contributed by atoms with van der Waals surface area (Å²) in [7, 11) is 0. The van der Waals surface area contributed by atoms with Gasteiger partial charge in [-0.1, -0.05) is 38.1 Å². The fourth-order valence-corrected chi connectivity index (χ4v) is 2.48. The van der Waals surface area contributed by atoms with Gasteiger partial charge in [0.05, 0.1) is 0 Å². The molecule has 1 heterocycles. The maximum Gasteiger partial charge on any atom is 0.328 e. The van der Waals surface area contributed by atoms with E-state index in [2.05, 4.69) is 30.9 Å². The molecule has 0 unspecified atom stereocenters. The quantitative estimate of drug-likeness (QED) is 0.855. The summed E-state index contributed by atoms with van der Waals surface area (Å²) in [5, 5.41) is 8.59. The number of carboxylic acid groups (broad SMARTS) is 1. The molecule has 1 aromatic rings. The number of rotatable bonds is 4. The van der Waals surface area contributed by atoms with Gasteiger partial charge in [-0.25, -0.2) is 4.79 Å². The van der Waals surface area contributed by atoms with Crippen molar-refractivity contribution in [2.24, 2.45) is 5.41 Å². The second-order valence-corrected chi connectivity index (χ2v) is 6.35. The van der Waals surface area contributed by atoms with Crippen LogP contribution in [0, 0.1) is 5.41 Å².